The molecule has 11 aromatic carbocycles. The van der Waals surface area contributed by atoms with Gasteiger partial charge in [-0.05, 0) is 134 Å². The van der Waals surface area contributed by atoms with Crippen molar-refractivity contribution in [2.24, 2.45) is 0 Å². The summed E-state index contributed by atoms with van der Waals surface area (Å²) < 4.78 is 8.47. The normalized spacial score (nSPS) is 11.6. The van der Waals surface area contributed by atoms with Crippen LogP contribution in [0.4, 0.5) is 17.1 Å². The molecule has 0 radical (unpaired) electrons. The molecule has 13 aromatic rings. The molecule has 67 heavy (non-hydrogen) atoms. The van der Waals surface area contributed by atoms with Gasteiger partial charge in [-0.25, -0.2) is 0 Å². The molecule has 0 fully saturated rings. The SMILES string of the molecule is c1ccc2c(-c3ccc(-c4ccc(N(c5ccc(-c6ccc(-c7ccc8oc9ccccc9c8c7)cc6)cc5)c5ccc(-n6c7ccccc7c7ccccc76)cc5)cc4)cc3)cccc2c1. The fraction of sp³-hybridized carbons (Fsp3) is 0. The van der Waals surface area contributed by atoms with E-state index in [0.29, 0.717) is 0 Å². The summed E-state index contributed by atoms with van der Waals surface area (Å²) in [6.45, 7) is 0. The van der Waals surface area contributed by atoms with Crippen molar-refractivity contribution in [3.8, 4) is 50.2 Å². The van der Waals surface area contributed by atoms with Gasteiger partial charge in [0.15, 0.2) is 0 Å². The Morgan fingerprint density at radius 3 is 1.30 bits per heavy atom. The first kappa shape index (κ1) is 38.5. The Morgan fingerprint density at radius 1 is 0.284 bits per heavy atom. The highest BCUT2D eigenvalue weighted by molar-refractivity contribution is 6.09. The maximum absolute atomic E-state index is 6.10. The van der Waals surface area contributed by atoms with Crippen molar-refractivity contribution in [1.29, 1.82) is 0 Å². The molecule has 0 aliphatic heterocycles. The van der Waals surface area contributed by atoms with E-state index in [1.165, 1.54) is 71.5 Å². The second kappa shape index (κ2) is 16.0. The van der Waals surface area contributed by atoms with Gasteiger partial charge in [0.25, 0.3) is 0 Å². The summed E-state index contributed by atoms with van der Waals surface area (Å²) in [4.78, 5) is 2.35. The second-order valence-electron chi connectivity index (χ2n) is 17.3. The first-order valence-electron chi connectivity index (χ1n) is 22.9. The van der Waals surface area contributed by atoms with Gasteiger partial charge in [-0.3, -0.25) is 0 Å². The maximum atomic E-state index is 6.10. The van der Waals surface area contributed by atoms with Gasteiger partial charge in [0.2, 0.25) is 0 Å². The van der Waals surface area contributed by atoms with Crippen LogP contribution in [-0.4, -0.2) is 4.57 Å². The lowest BCUT2D eigenvalue weighted by Gasteiger charge is -2.26. The van der Waals surface area contributed by atoms with Crippen molar-refractivity contribution in [2.75, 3.05) is 4.90 Å². The number of anilines is 3. The van der Waals surface area contributed by atoms with Crippen molar-refractivity contribution in [2.45, 2.75) is 0 Å². The minimum Gasteiger partial charge on any atom is -0.456 e. The number of hydrogen-bond acceptors (Lipinski definition) is 2. The van der Waals surface area contributed by atoms with Crippen LogP contribution >= 0.6 is 0 Å². The molecule has 0 bridgehead atoms. The standard InChI is InChI=1S/C64H42N2O/c1-2-12-55-48(10-1)11-9-16-56(55)49-26-24-44(25-27-49)46-30-35-52(36-31-46)65(53-37-39-54(40-38-53)66-61-17-6-3-13-57(61)58-14-4-7-18-62(58)66)51-33-28-45(29-34-51)43-20-22-47(23-21-43)50-32-41-64-60(42-50)59-15-5-8-19-63(59)67-64/h1-42H. The number of rotatable bonds is 8. The quantitative estimate of drug-likeness (QED) is 0.152. The van der Waals surface area contributed by atoms with Crippen LogP contribution in [0.1, 0.15) is 0 Å². The molecule has 314 valence electrons. The Morgan fingerprint density at radius 2 is 0.701 bits per heavy atom. The fourth-order valence-corrected chi connectivity index (χ4v) is 10.1. The molecule has 0 saturated carbocycles. The van der Waals surface area contributed by atoms with E-state index in [-0.39, 0.29) is 0 Å². The monoisotopic (exact) mass is 854 g/mol. The summed E-state index contributed by atoms with van der Waals surface area (Å²) >= 11 is 0. The minimum atomic E-state index is 0.911. The van der Waals surface area contributed by atoms with Crippen molar-refractivity contribution in [1.82, 2.24) is 4.57 Å². The lowest BCUT2D eigenvalue weighted by molar-refractivity contribution is 0.669. The summed E-state index contributed by atoms with van der Waals surface area (Å²) in [5.41, 5.74) is 18.1. The molecule has 2 aromatic heterocycles. The van der Waals surface area contributed by atoms with Gasteiger partial charge in [0.1, 0.15) is 11.2 Å². The van der Waals surface area contributed by atoms with Gasteiger partial charge in [0, 0.05) is 44.3 Å². The van der Waals surface area contributed by atoms with Gasteiger partial charge >= 0.3 is 0 Å². The third-order valence-corrected chi connectivity index (χ3v) is 13.4. The topological polar surface area (TPSA) is 21.3 Å². The molecule has 0 aliphatic carbocycles. The number of hydrogen-bond donors (Lipinski definition) is 0. The van der Waals surface area contributed by atoms with Crippen LogP contribution in [0, 0.1) is 0 Å². The summed E-state index contributed by atoms with van der Waals surface area (Å²) in [6.07, 6.45) is 0. The molecule has 0 amide bonds. The van der Waals surface area contributed by atoms with E-state index in [1.54, 1.807) is 0 Å². The zero-order valence-electron chi connectivity index (χ0n) is 36.6. The predicted molar refractivity (Wildman–Crippen MR) is 282 cm³/mol. The van der Waals surface area contributed by atoms with E-state index < -0.39 is 0 Å². The predicted octanol–water partition coefficient (Wildman–Crippen LogP) is 18.0. The average molecular weight is 855 g/mol. The Labute approximate surface area is 388 Å². The lowest BCUT2D eigenvalue weighted by atomic mass is 9.96. The minimum absolute atomic E-state index is 0.911. The molecular weight excluding hydrogens is 813 g/mol. The highest BCUT2D eigenvalue weighted by Crippen LogP contribution is 2.40. The molecule has 0 N–H and O–H groups in total. The van der Waals surface area contributed by atoms with Gasteiger partial charge < -0.3 is 13.9 Å². The van der Waals surface area contributed by atoms with E-state index in [1.807, 2.05) is 12.1 Å². The van der Waals surface area contributed by atoms with E-state index in [4.69, 9.17) is 4.42 Å². The number of fused-ring (bicyclic) bond motifs is 7. The summed E-state index contributed by atoms with van der Waals surface area (Å²) in [7, 11) is 0. The summed E-state index contributed by atoms with van der Waals surface area (Å²) in [5, 5.41) is 7.31. The van der Waals surface area contributed by atoms with Crippen LogP contribution in [0.15, 0.2) is 259 Å². The van der Waals surface area contributed by atoms with Crippen LogP contribution in [-0.2, 0) is 0 Å². The summed E-state index contributed by atoms with van der Waals surface area (Å²) in [5.74, 6) is 0. The molecule has 3 nitrogen and oxygen atoms in total. The van der Waals surface area contributed by atoms with Gasteiger partial charge in [-0.15, -0.1) is 0 Å². The maximum Gasteiger partial charge on any atom is 0.135 e. The molecule has 0 spiro atoms. The van der Waals surface area contributed by atoms with Crippen molar-refractivity contribution >= 4 is 71.6 Å². The zero-order valence-corrected chi connectivity index (χ0v) is 36.6. The number of aromatic nitrogens is 1. The van der Waals surface area contributed by atoms with Crippen LogP contribution in [0.25, 0.3) is 105 Å². The first-order chi connectivity index (χ1) is 33.2. The highest BCUT2D eigenvalue weighted by atomic mass is 16.3. The highest BCUT2D eigenvalue weighted by Gasteiger charge is 2.17. The van der Waals surface area contributed by atoms with Crippen molar-refractivity contribution in [3.05, 3.63) is 255 Å². The van der Waals surface area contributed by atoms with E-state index >= 15 is 0 Å². The van der Waals surface area contributed by atoms with E-state index in [0.717, 1.165) is 50.3 Å². The Hall–Kier alpha value is -8.92. The van der Waals surface area contributed by atoms with Crippen LogP contribution in [0.2, 0.25) is 0 Å². The van der Waals surface area contributed by atoms with E-state index in [2.05, 4.69) is 252 Å². The van der Waals surface area contributed by atoms with Crippen molar-refractivity contribution in [3.63, 3.8) is 0 Å². The average Bonchev–Trinajstić information content (AvgIpc) is 3.95. The Kier molecular flexibility index (Phi) is 9.17. The third-order valence-electron chi connectivity index (χ3n) is 13.4. The molecule has 0 saturated heterocycles. The second-order valence-corrected chi connectivity index (χ2v) is 17.3. The molecule has 3 heteroatoms. The summed E-state index contributed by atoms with van der Waals surface area (Å²) in [6, 6.07) is 91.9. The molecule has 2 heterocycles. The largest absolute Gasteiger partial charge is 0.456 e. The molecule has 0 atom stereocenters. The van der Waals surface area contributed by atoms with Crippen LogP contribution in [0.5, 0.6) is 0 Å². The molecule has 0 unspecified atom stereocenters. The third kappa shape index (κ3) is 6.76. The van der Waals surface area contributed by atoms with E-state index in [9.17, 15) is 0 Å². The molecule has 0 aliphatic rings. The fourth-order valence-electron chi connectivity index (χ4n) is 10.1. The molecule has 13 rings (SSSR count). The number of furan rings is 1. The van der Waals surface area contributed by atoms with Crippen LogP contribution < -0.4 is 4.90 Å². The number of nitrogens with zero attached hydrogens (tertiary/aromatic N) is 2. The van der Waals surface area contributed by atoms with Gasteiger partial charge in [-0.2, -0.15) is 0 Å². The first-order valence-corrected chi connectivity index (χ1v) is 22.9. The van der Waals surface area contributed by atoms with Gasteiger partial charge in [-0.1, -0.05) is 176 Å². The number of benzene rings is 11. The smallest absolute Gasteiger partial charge is 0.135 e. The lowest BCUT2D eigenvalue weighted by Crippen LogP contribution is -2.10. The van der Waals surface area contributed by atoms with Crippen LogP contribution in [0.3, 0.4) is 0 Å². The zero-order chi connectivity index (χ0) is 44.3. The number of para-hydroxylation sites is 3. The Balaban J connectivity index is 0.834. The Bertz CT molecular complexity index is 3880. The molecular formula is C64H42N2O. The van der Waals surface area contributed by atoms with Gasteiger partial charge in [0.05, 0.1) is 11.0 Å². The van der Waals surface area contributed by atoms with Crippen molar-refractivity contribution < 1.29 is 4.42 Å².